The zero-order chi connectivity index (χ0) is 8.81. The zero-order valence-electron chi connectivity index (χ0n) is 7.00. The Morgan fingerprint density at radius 1 is 1.75 bits per heavy atom. The van der Waals surface area contributed by atoms with Gasteiger partial charge in [-0.3, -0.25) is 0 Å². The Balaban J connectivity index is 2.38. The van der Waals surface area contributed by atoms with Gasteiger partial charge < -0.3 is 5.32 Å². The lowest BCUT2D eigenvalue weighted by atomic mass is 10.3. The van der Waals surface area contributed by atoms with Crippen LogP contribution in [0.4, 0.5) is 5.13 Å². The molecule has 1 rings (SSSR count). The van der Waals surface area contributed by atoms with E-state index in [0.717, 1.165) is 18.1 Å². The minimum atomic E-state index is 0.661. The van der Waals surface area contributed by atoms with Crippen molar-refractivity contribution in [3.8, 4) is 6.07 Å². The van der Waals surface area contributed by atoms with Crippen molar-refractivity contribution in [2.45, 2.75) is 19.8 Å². The van der Waals surface area contributed by atoms with Crippen molar-refractivity contribution in [3.05, 3.63) is 11.1 Å². The summed E-state index contributed by atoms with van der Waals surface area (Å²) < 4.78 is 0. The van der Waals surface area contributed by atoms with E-state index in [4.69, 9.17) is 5.26 Å². The van der Waals surface area contributed by atoms with Crippen molar-refractivity contribution >= 4 is 16.5 Å². The highest BCUT2D eigenvalue weighted by Crippen LogP contribution is 2.16. The quantitative estimate of drug-likeness (QED) is 0.724. The fourth-order valence-electron chi connectivity index (χ4n) is 0.780. The molecule has 4 heteroatoms. The van der Waals surface area contributed by atoms with E-state index in [9.17, 15) is 0 Å². The Morgan fingerprint density at radius 3 is 3.17 bits per heavy atom. The Hall–Kier alpha value is -1.08. The van der Waals surface area contributed by atoms with E-state index in [-0.39, 0.29) is 0 Å². The molecular formula is C8H11N3S. The third-order valence-corrected chi connectivity index (χ3v) is 2.28. The Labute approximate surface area is 76.1 Å². The number of hydrogen-bond donors (Lipinski definition) is 1. The molecule has 0 spiro atoms. The molecule has 1 aromatic heterocycles. The van der Waals surface area contributed by atoms with Crippen molar-refractivity contribution in [2.75, 3.05) is 11.9 Å². The normalized spacial score (nSPS) is 9.33. The van der Waals surface area contributed by atoms with E-state index in [1.165, 1.54) is 17.8 Å². The van der Waals surface area contributed by atoms with Crippen LogP contribution in [0, 0.1) is 11.3 Å². The molecule has 3 nitrogen and oxygen atoms in total. The maximum absolute atomic E-state index is 8.52. The largest absolute Gasteiger partial charge is 0.361 e. The van der Waals surface area contributed by atoms with Crippen LogP contribution < -0.4 is 5.32 Å². The lowest BCUT2D eigenvalue weighted by Gasteiger charge is -1.98. The summed E-state index contributed by atoms with van der Waals surface area (Å²) in [5, 5.41) is 12.5. The zero-order valence-corrected chi connectivity index (χ0v) is 7.82. The molecule has 1 N–H and O–H groups in total. The van der Waals surface area contributed by atoms with E-state index in [1.807, 2.05) is 0 Å². The van der Waals surface area contributed by atoms with E-state index in [1.54, 1.807) is 6.20 Å². The van der Waals surface area contributed by atoms with Crippen LogP contribution in [-0.4, -0.2) is 11.5 Å². The number of unbranched alkanes of at least 4 members (excludes halogenated alkanes) is 1. The van der Waals surface area contributed by atoms with Crippen molar-refractivity contribution in [1.82, 2.24) is 4.98 Å². The SMILES string of the molecule is CCCCNc1ncc(C#N)s1. The second-order valence-electron chi connectivity index (χ2n) is 2.42. The first-order valence-corrected chi connectivity index (χ1v) is 4.78. The highest BCUT2D eigenvalue weighted by atomic mass is 32.1. The molecule has 1 heterocycles. The van der Waals surface area contributed by atoms with E-state index in [2.05, 4.69) is 23.3 Å². The maximum Gasteiger partial charge on any atom is 0.183 e. The van der Waals surface area contributed by atoms with Gasteiger partial charge in [0.25, 0.3) is 0 Å². The van der Waals surface area contributed by atoms with Crippen LogP contribution in [0.5, 0.6) is 0 Å². The standard InChI is InChI=1S/C8H11N3S/c1-2-3-4-10-8-11-6-7(5-9)12-8/h6H,2-4H2,1H3,(H,10,11). The minimum Gasteiger partial charge on any atom is -0.361 e. The average Bonchev–Trinajstić information content (AvgIpc) is 2.53. The van der Waals surface area contributed by atoms with Crippen LogP contribution in [0.3, 0.4) is 0 Å². The molecule has 0 saturated heterocycles. The molecule has 0 aliphatic heterocycles. The monoisotopic (exact) mass is 181 g/mol. The summed E-state index contributed by atoms with van der Waals surface area (Å²) in [6.45, 7) is 3.08. The summed E-state index contributed by atoms with van der Waals surface area (Å²) >= 11 is 1.40. The molecule has 0 aliphatic rings. The number of nitriles is 1. The summed E-state index contributed by atoms with van der Waals surface area (Å²) in [5.41, 5.74) is 0. The van der Waals surface area contributed by atoms with Crippen LogP contribution in [0.1, 0.15) is 24.6 Å². The number of aromatic nitrogens is 1. The van der Waals surface area contributed by atoms with Gasteiger partial charge in [0.05, 0.1) is 6.20 Å². The van der Waals surface area contributed by atoms with Crippen LogP contribution >= 0.6 is 11.3 Å². The fourth-order valence-corrected chi connectivity index (χ4v) is 1.42. The second kappa shape index (κ2) is 4.73. The topological polar surface area (TPSA) is 48.7 Å². The van der Waals surface area contributed by atoms with Gasteiger partial charge in [0.15, 0.2) is 5.13 Å². The Kier molecular flexibility index (Phi) is 3.55. The Morgan fingerprint density at radius 2 is 2.58 bits per heavy atom. The number of thiazole rings is 1. The molecule has 0 aromatic carbocycles. The molecule has 64 valence electrons. The number of rotatable bonds is 4. The average molecular weight is 181 g/mol. The molecule has 0 bridgehead atoms. The van der Waals surface area contributed by atoms with Crippen molar-refractivity contribution < 1.29 is 0 Å². The molecule has 0 atom stereocenters. The van der Waals surface area contributed by atoms with Crippen LogP contribution in [0.25, 0.3) is 0 Å². The van der Waals surface area contributed by atoms with Gasteiger partial charge >= 0.3 is 0 Å². The highest BCUT2D eigenvalue weighted by molar-refractivity contribution is 7.16. The van der Waals surface area contributed by atoms with Crippen molar-refractivity contribution in [1.29, 1.82) is 5.26 Å². The second-order valence-corrected chi connectivity index (χ2v) is 3.45. The fraction of sp³-hybridized carbons (Fsp3) is 0.500. The number of nitrogens with one attached hydrogen (secondary N) is 1. The summed E-state index contributed by atoms with van der Waals surface area (Å²) in [6, 6.07) is 2.05. The molecule has 0 fully saturated rings. The number of anilines is 1. The summed E-state index contributed by atoms with van der Waals surface area (Å²) in [7, 11) is 0. The molecule has 0 unspecified atom stereocenters. The highest BCUT2D eigenvalue weighted by Gasteiger charge is 1.98. The van der Waals surface area contributed by atoms with E-state index in [0.29, 0.717) is 4.88 Å². The van der Waals surface area contributed by atoms with Gasteiger partial charge in [0.2, 0.25) is 0 Å². The van der Waals surface area contributed by atoms with Crippen LogP contribution in [0.15, 0.2) is 6.20 Å². The molecule has 1 aromatic rings. The van der Waals surface area contributed by atoms with Gasteiger partial charge in [-0.15, -0.1) is 0 Å². The lowest BCUT2D eigenvalue weighted by molar-refractivity contribution is 0.833. The maximum atomic E-state index is 8.52. The molecule has 0 saturated carbocycles. The first-order valence-electron chi connectivity index (χ1n) is 3.96. The predicted octanol–water partition coefficient (Wildman–Crippen LogP) is 2.23. The number of nitrogens with zero attached hydrogens (tertiary/aromatic N) is 2. The van der Waals surface area contributed by atoms with Crippen molar-refractivity contribution in [2.24, 2.45) is 0 Å². The third-order valence-electron chi connectivity index (χ3n) is 1.42. The first kappa shape index (κ1) is 9.01. The Bertz CT molecular complexity index is 274. The summed E-state index contributed by atoms with van der Waals surface area (Å²) in [6.07, 6.45) is 3.91. The molecule has 0 aliphatic carbocycles. The lowest BCUT2D eigenvalue weighted by Crippen LogP contribution is -1.99. The van der Waals surface area contributed by atoms with Crippen molar-refractivity contribution in [3.63, 3.8) is 0 Å². The first-order chi connectivity index (χ1) is 5.86. The molecule has 12 heavy (non-hydrogen) atoms. The van der Waals surface area contributed by atoms with E-state index < -0.39 is 0 Å². The third kappa shape index (κ3) is 2.51. The van der Waals surface area contributed by atoms with E-state index >= 15 is 0 Å². The van der Waals surface area contributed by atoms with Gasteiger partial charge in [-0.1, -0.05) is 24.7 Å². The van der Waals surface area contributed by atoms with Gasteiger partial charge in [-0.05, 0) is 6.42 Å². The smallest absolute Gasteiger partial charge is 0.183 e. The number of hydrogen-bond acceptors (Lipinski definition) is 4. The van der Waals surface area contributed by atoms with Crippen LogP contribution in [-0.2, 0) is 0 Å². The minimum absolute atomic E-state index is 0.661. The molecule has 0 amide bonds. The van der Waals surface area contributed by atoms with Gasteiger partial charge in [0.1, 0.15) is 10.9 Å². The predicted molar refractivity (Wildman–Crippen MR) is 50.2 cm³/mol. The van der Waals surface area contributed by atoms with Gasteiger partial charge in [-0.2, -0.15) is 5.26 Å². The molecule has 0 radical (unpaired) electrons. The summed E-state index contributed by atoms with van der Waals surface area (Å²) in [4.78, 5) is 4.70. The summed E-state index contributed by atoms with van der Waals surface area (Å²) in [5.74, 6) is 0. The van der Waals surface area contributed by atoms with Crippen LogP contribution in [0.2, 0.25) is 0 Å². The molecular weight excluding hydrogens is 170 g/mol. The van der Waals surface area contributed by atoms with Gasteiger partial charge in [0, 0.05) is 6.54 Å². The van der Waals surface area contributed by atoms with Gasteiger partial charge in [-0.25, -0.2) is 4.98 Å².